The van der Waals surface area contributed by atoms with Gasteiger partial charge in [0.05, 0.1) is 17.7 Å². The van der Waals surface area contributed by atoms with E-state index in [0.717, 1.165) is 6.07 Å². The normalized spacial score (nSPS) is 25.5. The van der Waals surface area contributed by atoms with Gasteiger partial charge in [0, 0.05) is 12.5 Å². The summed E-state index contributed by atoms with van der Waals surface area (Å²) in [6, 6.07) is 4.97. The molecule has 2 rings (SSSR count). The minimum absolute atomic E-state index is 0.0616. The van der Waals surface area contributed by atoms with Crippen LogP contribution in [0.1, 0.15) is 30.5 Å². The number of hydrogen-bond acceptors (Lipinski definition) is 3. The minimum atomic E-state index is -4.38. The van der Waals surface area contributed by atoms with Crippen molar-refractivity contribution in [3.8, 4) is 0 Å². The van der Waals surface area contributed by atoms with Gasteiger partial charge in [0.2, 0.25) is 0 Å². The van der Waals surface area contributed by atoms with Gasteiger partial charge in [0.15, 0.2) is 0 Å². The maximum Gasteiger partial charge on any atom is 0.416 e. The van der Waals surface area contributed by atoms with Crippen LogP contribution >= 0.6 is 0 Å². The molecule has 1 aliphatic heterocycles. The van der Waals surface area contributed by atoms with Crippen LogP contribution in [-0.2, 0) is 10.9 Å². The Kier molecular flexibility index (Phi) is 4.13. The summed E-state index contributed by atoms with van der Waals surface area (Å²) >= 11 is 0. The van der Waals surface area contributed by atoms with Gasteiger partial charge in [-0.25, -0.2) is 0 Å². The molecule has 1 heterocycles. The quantitative estimate of drug-likeness (QED) is 0.658. The maximum absolute atomic E-state index is 13.0. The zero-order chi connectivity index (χ0) is 14.0. The van der Waals surface area contributed by atoms with E-state index in [0.29, 0.717) is 13.0 Å². The summed E-state index contributed by atoms with van der Waals surface area (Å²) in [4.78, 5) is 0. The van der Waals surface area contributed by atoms with Crippen LogP contribution in [0.2, 0.25) is 0 Å². The predicted octanol–water partition coefficient (Wildman–Crippen LogP) is 2.63. The third-order valence-electron chi connectivity index (χ3n) is 3.64. The number of benzene rings is 1. The lowest BCUT2D eigenvalue weighted by Crippen LogP contribution is -2.37. The minimum Gasteiger partial charge on any atom is -0.378 e. The Balaban J connectivity index is 2.38. The molecule has 106 valence electrons. The summed E-state index contributed by atoms with van der Waals surface area (Å²) in [5, 5.41) is 0. The second kappa shape index (κ2) is 5.48. The van der Waals surface area contributed by atoms with Gasteiger partial charge in [-0.05, 0) is 25.0 Å². The number of hydrazine groups is 1. The summed E-state index contributed by atoms with van der Waals surface area (Å²) in [5.41, 5.74) is 2.06. The van der Waals surface area contributed by atoms with E-state index in [1.807, 2.05) is 6.92 Å². The largest absolute Gasteiger partial charge is 0.416 e. The maximum atomic E-state index is 13.0. The molecular weight excluding hydrogens is 257 g/mol. The molecule has 19 heavy (non-hydrogen) atoms. The Bertz CT molecular complexity index is 436. The smallest absolute Gasteiger partial charge is 0.378 e. The van der Waals surface area contributed by atoms with Crippen molar-refractivity contribution in [1.82, 2.24) is 5.43 Å². The molecule has 1 aromatic carbocycles. The molecule has 1 aliphatic rings. The molecule has 3 nitrogen and oxygen atoms in total. The molecule has 3 atom stereocenters. The van der Waals surface area contributed by atoms with Gasteiger partial charge in [-0.1, -0.05) is 18.2 Å². The zero-order valence-electron chi connectivity index (χ0n) is 10.6. The highest BCUT2D eigenvalue weighted by molar-refractivity contribution is 5.33. The average Bonchev–Trinajstić information content (AvgIpc) is 2.76. The highest BCUT2D eigenvalue weighted by Crippen LogP contribution is 2.39. The Labute approximate surface area is 109 Å². The molecule has 3 unspecified atom stereocenters. The topological polar surface area (TPSA) is 47.3 Å². The fourth-order valence-electron chi connectivity index (χ4n) is 2.66. The van der Waals surface area contributed by atoms with Crippen LogP contribution in [0, 0.1) is 5.92 Å². The first-order chi connectivity index (χ1) is 8.95. The summed E-state index contributed by atoms with van der Waals surface area (Å²) < 4.78 is 44.5. The average molecular weight is 274 g/mol. The monoisotopic (exact) mass is 274 g/mol. The number of halogens is 3. The van der Waals surface area contributed by atoms with Gasteiger partial charge in [-0.15, -0.1) is 0 Å². The molecular formula is C13H17F3N2O. The van der Waals surface area contributed by atoms with Crippen molar-refractivity contribution in [2.24, 2.45) is 11.8 Å². The number of nitrogens with two attached hydrogens (primary N) is 1. The van der Waals surface area contributed by atoms with Crippen LogP contribution in [0.25, 0.3) is 0 Å². The number of alkyl halides is 3. The van der Waals surface area contributed by atoms with Crippen molar-refractivity contribution in [2.75, 3.05) is 6.61 Å². The first-order valence-corrected chi connectivity index (χ1v) is 6.19. The molecule has 1 aromatic rings. The molecule has 1 saturated heterocycles. The number of hydrogen-bond donors (Lipinski definition) is 2. The van der Waals surface area contributed by atoms with Crippen LogP contribution in [-0.4, -0.2) is 12.7 Å². The van der Waals surface area contributed by atoms with Crippen molar-refractivity contribution in [3.05, 3.63) is 35.4 Å². The lowest BCUT2D eigenvalue weighted by Gasteiger charge is -2.27. The predicted molar refractivity (Wildman–Crippen MR) is 65.0 cm³/mol. The van der Waals surface area contributed by atoms with Gasteiger partial charge in [-0.3, -0.25) is 11.3 Å². The van der Waals surface area contributed by atoms with E-state index in [2.05, 4.69) is 5.43 Å². The van der Waals surface area contributed by atoms with E-state index < -0.39 is 17.8 Å². The summed E-state index contributed by atoms with van der Waals surface area (Å²) in [5.74, 6) is 5.42. The summed E-state index contributed by atoms with van der Waals surface area (Å²) in [6.45, 7) is 2.41. The third-order valence-corrected chi connectivity index (χ3v) is 3.64. The van der Waals surface area contributed by atoms with Crippen molar-refractivity contribution < 1.29 is 17.9 Å². The van der Waals surface area contributed by atoms with E-state index in [1.165, 1.54) is 12.1 Å². The van der Waals surface area contributed by atoms with E-state index in [9.17, 15) is 13.2 Å². The molecule has 0 aliphatic carbocycles. The molecule has 0 amide bonds. The lowest BCUT2D eigenvalue weighted by molar-refractivity contribution is -0.138. The van der Waals surface area contributed by atoms with Gasteiger partial charge in [-0.2, -0.15) is 13.2 Å². The van der Waals surface area contributed by atoms with Gasteiger partial charge in [0.1, 0.15) is 0 Å². The molecule has 0 spiro atoms. The first kappa shape index (κ1) is 14.3. The van der Waals surface area contributed by atoms with Gasteiger partial charge >= 0.3 is 6.18 Å². The Morgan fingerprint density at radius 2 is 2.05 bits per heavy atom. The van der Waals surface area contributed by atoms with E-state index >= 15 is 0 Å². The van der Waals surface area contributed by atoms with E-state index in [-0.39, 0.29) is 17.6 Å². The van der Waals surface area contributed by atoms with Crippen molar-refractivity contribution in [1.29, 1.82) is 0 Å². The molecule has 1 fully saturated rings. The van der Waals surface area contributed by atoms with Gasteiger partial charge in [0.25, 0.3) is 0 Å². The van der Waals surface area contributed by atoms with Crippen LogP contribution in [0.5, 0.6) is 0 Å². The van der Waals surface area contributed by atoms with Crippen LogP contribution in [0.3, 0.4) is 0 Å². The van der Waals surface area contributed by atoms with Crippen LogP contribution in [0.4, 0.5) is 13.2 Å². The highest BCUT2D eigenvalue weighted by atomic mass is 19.4. The van der Waals surface area contributed by atoms with Gasteiger partial charge < -0.3 is 4.74 Å². The molecule has 0 aromatic heterocycles. The summed E-state index contributed by atoms with van der Waals surface area (Å²) in [6.07, 6.45) is -3.79. The standard InChI is InChI=1S/C13H17F3N2O/c1-8-9(6-7-19-8)12(18-17)10-4-2-3-5-11(10)13(14,15)16/h2-5,8-9,12,18H,6-7,17H2,1H3. The first-order valence-electron chi connectivity index (χ1n) is 6.19. The fourth-order valence-corrected chi connectivity index (χ4v) is 2.66. The van der Waals surface area contributed by atoms with Crippen LogP contribution in [0.15, 0.2) is 24.3 Å². The SMILES string of the molecule is CC1OCCC1C(NN)c1ccccc1C(F)(F)F. The van der Waals surface area contributed by atoms with E-state index in [4.69, 9.17) is 10.6 Å². The number of rotatable bonds is 3. The number of ether oxygens (including phenoxy) is 1. The second-order valence-electron chi connectivity index (χ2n) is 4.76. The Hall–Kier alpha value is -1.11. The molecule has 0 radical (unpaired) electrons. The summed E-state index contributed by atoms with van der Waals surface area (Å²) in [7, 11) is 0. The molecule has 6 heteroatoms. The molecule has 0 saturated carbocycles. The fraction of sp³-hybridized carbons (Fsp3) is 0.538. The Morgan fingerprint density at radius 3 is 2.58 bits per heavy atom. The van der Waals surface area contributed by atoms with Crippen molar-refractivity contribution in [2.45, 2.75) is 31.7 Å². The molecule has 0 bridgehead atoms. The molecule has 3 N–H and O–H groups in total. The zero-order valence-corrected chi connectivity index (χ0v) is 10.6. The highest BCUT2D eigenvalue weighted by Gasteiger charge is 2.39. The number of nitrogens with one attached hydrogen (secondary N) is 1. The Morgan fingerprint density at radius 1 is 1.37 bits per heavy atom. The lowest BCUT2D eigenvalue weighted by atomic mass is 9.86. The van der Waals surface area contributed by atoms with Crippen molar-refractivity contribution in [3.63, 3.8) is 0 Å². The second-order valence-corrected chi connectivity index (χ2v) is 4.76. The van der Waals surface area contributed by atoms with E-state index in [1.54, 1.807) is 6.07 Å². The third kappa shape index (κ3) is 2.91. The van der Waals surface area contributed by atoms with Crippen molar-refractivity contribution >= 4 is 0 Å². The van der Waals surface area contributed by atoms with Crippen LogP contribution < -0.4 is 11.3 Å².